The third-order valence-corrected chi connectivity index (χ3v) is 4.35. The molecular formula is C21H24ClN3O. The van der Waals surface area contributed by atoms with Crippen molar-refractivity contribution < 1.29 is 4.74 Å². The molecule has 0 fully saturated rings. The van der Waals surface area contributed by atoms with Crippen molar-refractivity contribution in [2.75, 3.05) is 0 Å². The largest absolute Gasteiger partial charge is 0.473 e. The standard InChI is InChI=1S/C21H23N3O.ClH/c1-5-12-24-15(2)20(16-8-10-23-11-9-16)18-13-17(6-7-19(18)24)25-21(3,4)14-22;/h6-11,13H,5,12H2,1-4H3;1H. The predicted octanol–water partition coefficient (Wildman–Crippen LogP) is 5.52. The second kappa shape index (κ2) is 7.80. The molecule has 0 radical (unpaired) electrons. The zero-order valence-corrected chi connectivity index (χ0v) is 16.4. The number of hydrogen-bond donors (Lipinski definition) is 0. The fourth-order valence-corrected chi connectivity index (χ4v) is 3.24. The Morgan fingerprint density at radius 3 is 2.50 bits per heavy atom. The summed E-state index contributed by atoms with van der Waals surface area (Å²) in [4.78, 5) is 4.13. The van der Waals surface area contributed by atoms with Crippen LogP contribution in [0.3, 0.4) is 0 Å². The van der Waals surface area contributed by atoms with E-state index < -0.39 is 5.60 Å². The summed E-state index contributed by atoms with van der Waals surface area (Å²) >= 11 is 0. The number of nitriles is 1. The molecule has 136 valence electrons. The van der Waals surface area contributed by atoms with Gasteiger partial charge in [0.15, 0.2) is 5.60 Å². The minimum absolute atomic E-state index is 0. The normalized spacial score (nSPS) is 11.0. The number of aromatic nitrogens is 2. The summed E-state index contributed by atoms with van der Waals surface area (Å²) in [5.41, 5.74) is 3.91. The molecule has 0 spiro atoms. The summed E-state index contributed by atoms with van der Waals surface area (Å²) in [7, 11) is 0. The molecule has 0 N–H and O–H groups in total. The average molecular weight is 370 g/mol. The average Bonchev–Trinajstić information content (AvgIpc) is 2.87. The van der Waals surface area contributed by atoms with Crippen molar-refractivity contribution in [2.45, 2.75) is 46.3 Å². The lowest BCUT2D eigenvalue weighted by molar-refractivity contribution is 0.170. The molecular weight excluding hydrogens is 346 g/mol. The van der Waals surface area contributed by atoms with E-state index >= 15 is 0 Å². The van der Waals surface area contributed by atoms with Crippen LogP contribution < -0.4 is 4.74 Å². The highest BCUT2D eigenvalue weighted by Gasteiger charge is 2.20. The van der Waals surface area contributed by atoms with Crippen LogP contribution in [0.1, 0.15) is 32.9 Å². The highest BCUT2D eigenvalue weighted by atomic mass is 35.5. The molecule has 0 atom stereocenters. The van der Waals surface area contributed by atoms with Gasteiger partial charge in [0, 0.05) is 41.1 Å². The molecule has 26 heavy (non-hydrogen) atoms. The Balaban J connectivity index is 0.00000243. The van der Waals surface area contributed by atoms with Gasteiger partial charge in [0.05, 0.1) is 0 Å². The summed E-state index contributed by atoms with van der Waals surface area (Å²) in [5.74, 6) is 0.711. The maximum absolute atomic E-state index is 9.23. The van der Waals surface area contributed by atoms with Crippen molar-refractivity contribution >= 4 is 23.3 Å². The number of hydrogen-bond acceptors (Lipinski definition) is 3. The summed E-state index contributed by atoms with van der Waals surface area (Å²) < 4.78 is 8.23. The number of halogens is 1. The van der Waals surface area contributed by atoms with E-state index in [1.165, 1.54) is 16.8 Å². The van der Waals surface area contributed by atoms with Gasteiger partial charge in [-0.05, 0) is 63.1 Å². The smallest absolute Gasteiger partial charge is 0.188 e. The first kappa shape index (κ1) is 19.8. The molecule has 0 aliphatic heterocycles. The highest BCUT2D eigenvalue weighted by Crippen LogP contribution is 2.37. The lowest BCUT2D eigenvalue weighted by atomic mass is 10.0. The van der Waals surface area contributed by atoms with Gasteiger partial charge in [-0.1, -0.05) is 6.92 Å². The van der Waals surface area contributed by atoms with E-state index in [1.807, 2.05) is 36.7 Å². The van der Waals surface area contributed by atoms with E-state index in [9.17, 15) is 5.26 Å². The first-order chi connectivity index (χ1) is 12.0. The van der Waals surface area contributed by atoms with Crippen LogP contribution in [0, 0.1) is 18.3 Å². The molecule has 2 aromatic heterocycles. The Morgan fingerprint density at radius 2 is 1.88 bits per heavy atom. The Kier molecular flexibility index (Phi) is 5.94. The molecule has 1 aromatic carbocycles. The monoisotopic (exact) mass is 369 g/mol. The van der Waals surface area contributed by atoms with Crippen molar-refractivity contribution in [2.24, 2.45) is 0 Å². The maximum Gasteiger partial charge on any atom is 0.188 e. The predicted molar refractivity (Wildman–Crippen MR) is 108 cm³/mol. The molecule has 0 saturated carbocycles. The third kappa shape index (κ3) is 3.68. The molecule has 0 aliphatic carbocycles. The third-order valence-electron chi connectivity index (χ3n) is 4.35. The van der Waals surface area contributed by atoms with E-state index in [2.05, 4.69) is 35.5 Å². The lowest BCUT2D eigenvalue weighted by Gasteiger charge is -2.18. The van der Waals surface area contributed by atoms with Crippen LogP contribution in [0.15, 0.2) is 42.7 Å². The second-order valence-electron chi connectivity index (χ2n) is 6.75. The Hall–Kier alpha value is -2.51. The van der Waals surface area contributed by atoms with Crippen molar-refractivity contribution in [1.82, 2.24) is 9.55 Å². The molecule has 3 aromatic rings. The Bertz CT molecular complexity index is 939. The van der Waals surface area contributed by atoms with Crippen LogP contribution in [0.2, 0.25) is 0 Å². The first-order valence-electron chi connectivity index (χ1n) is 8.60. The van der Waals surface area contributed by atoms with Gasteiger partial charge in [-0.3, -0.25) is 4.98 Å². The number of ether oxygens (including phenoxy) is 1. The van der Waals surface area contributed by atoms with Gasteiger partial charge in [-0.2, -0.15) is 5.26 Å². The molecule has 4 nitrogen and oxygen atoms in total. The van der Waals surface area contributed by atoms with Crippen LogP contribution in [-0.2, 0) is 6.54 Å². The van der Waals surface area contributed by atoms with Crippen molar-refractivity contribution in [3.63, 3.8) is 0 Å². The van der Waals surface area contributed by atoms with Gasteiger partial charge in [-0.15, -0.1) is 12.4 Å². The second-order valence-corrected chi connectivity index (χ2v) is 6.75. The maximum atomic E-state index is 9.23. The SMILES string of the molecule is CCCn1c(C)c(-c2ccncc2)c2cc(OC(C)(C)C#N)ccc21.Cl. The zero-order chi connectivity index (χ0) is 18.0. The van der Waals surface area contributed by atoms with E-state index in [-0.39, 0.29) is 12.4 Å². The first-order valence-corrected chi connectivity index (χ1v) is 8.60. The number of nitrogens with zero attached hydrogens (tertiary/aromatic N) is 3. The van der Waals surface area contributed by atoms with E-state index in [1.54, 1.807) is 13.8 Å². The van der Waals surface area contributed by atoms with Gasteiger partial charge in [0.25, 0.3) is 0 Å². The minimum Gasteiger partial charge on any atom is -0.473 e. The number of aryl methyl sites for hydroxylation is 1. The number of fused-ring (bicyclic) bond motifs is 1. The molecule has 0 bridgehead atoms. The fourth-order valence-electron chi connectivity index (χ4n) is 3.24. The molecule has 2 heterocycles. The quantitative estimate of drug-likeness (QED) is 0.594. The van der Waals surface area contributed by atoms with Gasteiger partial charge in [0.1, 0.15) is 11.8 Å². The van der Waals surface area contributed by atoms with Crippen LogP contribution in [0.4, 0.5) is 0 Å². The summed E-state index contributed by atoms with van der Waals surface area (Å²) in [6, 6.07) is 12.3. The highest BCUT2D eigenvalue weighted by molar-refractivity contribution is 5.98. The molecule has 0 saturated heterocycles. The number of rotatable bonds is 5. The Morgan fingerprint density at radius 1 is 1.19 bits per heavy atom. The minimum atomic E-state index is -0.856. The molecule has 0 aliphatic rings. The summed E-state index contributed by atoms with van der Waals surface area (Å²) in [6.07, 6.45) is 4.70. The van der Waals surface area contributed by atoms with Gasteiger partial charge in [-0.25, -0.2) is 0 Å². The number of benzene rings is 1. The molecule has 0 unspecified atom stereocenters. The van der Waals surface area contributed by atoms with Gasteiger partial charge in [0.2, 0.25) is 0 Å². The summed E-state index contributed by atoms with van der Waals surface area (Å²) in [6.45, 7) is 8.86. The van der Waals surface area contributed by atoms with Gasteiger partial charge >= 0.3 is 0 Å². The van der Waals surface area contributed by atoms with Crippen molar-refractivity contribution in [1.29, 1.82) is 5.26 Å². The van der Waals surface area contributed by atoms with E-state index in [0.29, 0.717) is 5.75 Å². The fraction of sp³-hybridized carbons (Fsp3) is 0.333. The zero-order valence-electron chi connectivity index (χ0n) is 15.6. The van der Waals surface area contributed by atoms with Crippen LogP contribution in [-0.4, -0.2) is 15.2 Å². The van der Waals surface area contributed by atoms with Crippen molar-refractivity contribution in [3.05, 3.63) is 48.4 Å². The van der Waals surface area contributed by atoms with E-state index in [0.717, 1.165) is 23.9 Å². The lowest BCUT2D eigenvalue weighted by Crippen LogP contribution is -2.25. The topological polar surface area (TPSA) is 50.8 Å². The van der Waals surface area contributed by atoms with Crippen molar-refractivity contribution in [3.8, 4) is 22.9 Å². The molecule has 5 heteroatoms. The molecule has 0 amide bonds. The molecule has 3 rings (SSSR count). The summed E-state index contributed by atoms with van der Waals surface area (Å²) in [5, 5.41) is 10.4. The van der Waals surface area contributed by atoms with Crippen LogP contribution >= 0.6 is 12.4 Å². The van der Waals surface area contributed by atoms with Crippen LogP contribution in [0.25, 0.3) is 22.0 Å². The van der Waals surface area contributed by atoms with Gasteiger partial charge < -0.3 is 9.30 Å². The number of pyridine rings is 1. The van der Waals surface area contributed by atoms with E-state index in [4.69, 9.17) is 4.74 Å². The Labute approximate surface area is 160 Å². The van der Waals surface area contributed by atoms with Crippen LogP contribution in [0.5, 0.6) is 5.75 Å².